The van der Waals surface area contributed by atoms with Crippen molar-refractivity contribution in [3.63, 3.8) is 0 Å². The van der Waals surface area contributed by atoms with Crippen LogP contribution in [-0.2, 0) is 9.63 Å². The molecule has 1 amide bonds. The van der Waals surface area contributed by atoms with Gasteiger partial charge in [-0.2, -0.15) is 0 Å². The fourth-order valence-corrected chi connectivity index (χ4v) is 1.43. The zero-order chi connectivity index (χ0) is 8.65. The molecule has 1 atom stereocenters. The molecule has 0 radical (unpaired) electrons. The normalized spacial score (nSPS) is 24.5. The van der Waals surface area contributed by atoms with E-state index >= 15 is 0 Å². The molecule has 0 aromatic carbocycles. The van der Waals surface area contributed by atoms with Crippen LogP contribution in [-0.4, -0.2) is 25.6 Å². The van der Waals surface area contributed by atoms with Crippen molar-refractivity contribution >= 4 is 6.41 Å². The summed E-state index contributed by atoms with van der Waals surface area (Å²) in [6, 6.07) is 0.403. The monoisotopic (exact) mass is 172 g/mol. The van der Waals surface area contributed by atoms with Gasteiger partial charge >= 0.3 is 0 Å². The highest BCUT2D eigenvalue weighted by Crippen LogP contribution is 2.07. The van der Waals surface area contributed by atoms with Crippen LogP contribution in [0.3, 0.4) is 0 Å². The smallest absolute Gasteiger partial charge is 0.230 e. The minimum absolute atomic E-state index is 0.403. The van der Waals surface area contributed by atoms with E-state index in [0.29, 0.717) is 19.1 Å². The molecule has 1 rings (SSSR count). The van der Waals surface area contributed by atoms with Crippen molar-refractivity contribution in [1.29, 1.82) is 0 Å². The van der Waals surface area contributed by atoms with E-state index in [-0.39, 0.29) is 0 Å². The molecule has 0 saturated carbocycles. The Labute approximate surface area is 72.6 Å². The highest BCUT2D eigenvalue weighted by atomic mass is 16.6. The van der Waals surface area contributed by atoms with Crippen LogP contribution >= 0.6 is 0 Å². The highest BCUT2D eigenvalue weighted by molar-refractivity contribution is 5.43. The lowest BCUT2D eigenvalue weighted by Crippen LogP contribution is -2.34. The number of rotatable bonds is 4. The van der Waals surface area contributed by atoms with E-state index in [1.807, 2.05) is 0 Å². The second-order valence-electron chi connectivity index (χ2n) is 3.05. The number of hydrogen-bond acceptors (Lipinski definition) is 3. The lowest BCUT2D eigenvalue weighted by molar-refractivity contribution is -0.121. The van der Waals surface area contributed by atoms with Crippen LogP contribution < -0.4 is 10.8 Å². The number of amides is 1. The minimum atomic E-state index is 0.403. The van der Waals surface area contributed by atoms with E-state index in [9.17, 15) is 4.79 Å². The van der Waals surface area contributed by atoms with Crippen LogP contribution in [0.5, 0.6) is 0 Å². The second kappa shape index (κ2) is 5.97. The first-order valence-corrected chi connectivity index (χ1v) is 4.48. The van der Waals surface area contributed by atoms with Crippen molar-refractivity contribution < 1.29 is 9.63 Å². The van der Waals surface area contributed by atoms with E-state index in [4.69, 9.17) is 4.84 Å². The van der Waals surface area contributed by atoms with E-state index in [1.54, 1.807) is 0 Å². The van der Waals surface area contributed by atoms with Gasteiger partial charge in [0.2, 0.25) is 6.41 Å². The summed E-state index contributed by atoms with van der Waals surface area (Å²) in [5.74, 6) is 0. The average molecular weight is 172 g/mol. The van der Waals surface area contributed by atoms with Gasteiger partial charge in [0.1, 0.15) is 0 Å². The van der Waals surface area contributed by atoms with Gasteiger partial charge in [-0.15, -0.1) is 0 Å². The molecular formula is C8H16N2O2. The quantitative estimate of drug-likeness (QED) is 0.362. The number of carbonyl (C=O) groups is 1. The molecular weight excluding hydrogens is 156 g/mol. The molecule has 0 spiro atoms. The molecule has 1 fully saturated rings. The third-order valence-corrected chi connectivity index (χ3v) is 2.08. The first kappa shape index (κ1) is 9.48. The van der Waals surface area contributed by atoms with Crippen LogP contribution in [0, 0.1) is 0 Å². The Morgan fingerprint density at radius 1 is 1.50 bits per heavy atom. The lowest BCUT2D eigenvalue weighted by atomic mass is 10.1. The maximum atomic E-state index is 9.86. The topological polar surface area (TPSA) is 50.4 Å². The number of carbonyl (C=O) groups excluding carboxylic acids is 1. The Morgan fingerprint density at radius 2 is 2.42 bits per heavy atom. The van der Waals surface area contributed by atoms with Crippen LogP contribution in [0.1, 0.15) is 25.7 Å². The van der Waals surface area contributed by atoms with Gasteiger partial charge < -0.3 is 5.32 Å². The van der Waals surface area contributed by atoms with Crippen LogP contribution in [0.25, 0.3) is 0 Å². The molecule has 1 saturated heterocycles. The summed E-state index contributed by atoms with van der Waals surface area (Å²) >= 11 is 0. The maximum absolute atomic E-state index is 9.86. The molecule has 70 valence electrons. The Balaban J connectivity index is 2.07. The third-order valence-electron chi connectivity index (χ3n) is 2.08. The molecule has 12 heavy (non-hydrogen) atoms. The van der Waals surface area contributed by atoms with Crippen LogP contribution in [0.2, 0.25) is 0 Å². The minimum Gasteiger partial charge on any atom is -0.312 e. The molecule has 4 nitrogen and oxygen atoms in total. The molecule has 1 heterocycles. The summed E-state index contributed by atoms with van der Waals surface area (Å²) < 4.78 is 0. The Hall–Kier alpha value is -0.610. The Kier molecular flexibility index (Phi) is 4.71. The van der Waals surface area contributed by atoms with Gasteiger partial charge in [-0.25, -0.2) is 5.48 Å². The Morgan fingerprint density at radius 3 is 3.25 bits per heavy atom. The maximum Gasteiger partial charge on any atom is 0.230 e. The van der Waals surface area contributed by atoms with Crippen molar-refractivity contribution in [3.05, 3.63) is 0 Å². The van der Waals surface area contributed by atoms with Crippen molar-refractivity contribution in [3.8, 4) is 0 Å². The summed E-state index contributed by atoms with van der Waals surface area (Å²) in [5, 5.41) is 3.36. The molecule has 1 aliphatic rings. The Bertz CT molecular complexity index is 122. The fourth-order valence-electron chi connectivity index (χ4n) is 1.43. The van der Waals surface area contributed by atoms with E-state index in [2.05, 4.69) is 10.8 Å². The first-order valence-electron chi connectivity index (χ1n) is 4.48. The first-order chi connectivity index (χ1) is 5.93. The van der Waals surface area contributed by atoms with Crippen LogP contribution in [0.15, 0.2) is 0 Å². The SMILES string of the molecule is O=CNOC[C@@H]1CCCCCN1. The molecule has 0 aromatic heterocycles. The molecule has 0 aliphatic carbocycles. The van der Waals surface area contributed by atoms with Crippen molar-refractivity contribution in [2.45, 2.75) is 31.7 Å². The summed E-state index contributed by atoms with van der Waals surface area (Å²) in [6.45, 7) is 1.63. The van der Waals surface area contributed by atoms with Crippen molar-refractivity contribution in [2.24, 2.45) is 0 Å². The number of nitrogens with one attached hydrogen (secondary N) is 2. The molecule has 0 bridgehead atoms. The molecule has 1 aliphatic heterocycles. The average Bonchev–Trinajstić information content (AvgIpc) is 2.33. The van der Waals surface area contributed by atoms with Gasteiger partial charge in [0.05, 0.1) is 6.61 Å². The molecule has 0 aromatic rings. The van der Waals surface area contributed by atoms with Crippen LogP contribution in [0.4, 0.5) is 0 Å². The number of hydrogen-bond donors (Lipinski definition) is 2. The largest absolute Gasteiger partial charge is 0.312 e. The zero-order valence-electron chi connectivity index (χ0n) is 7.21. The number of hydroxylamine groups is 1. The van der Waals surface area contributed by atoms with Crippen molar-refractivity contribution in [2.75, 3.05) is 13.2 Å². The van der Waals surface area contributed by atoms with E-state index < -0.39 is 0 Å². The predicted octanol–water partition coefficient (Wildman–Crippen LogP) is 0.196. The van der Waals surface area contributed by atoms with Gasteiger partial charge in [0.15, 0.2) is 0 Å². The zero-order valence-corrected chi connectivity index (χ0v) is 7.21. The highest BCUT2D eigenvalue weighted by Gasteiger charge is 2.10. The summed E-state index contributed by atoms with van der Waals surface area (Å²) in [4.78, 5) is 14.8. The lowest BCUT2D eigenvalue weighted by Gasteiger charge is -2.14. The molecule has 2 N–H and O–H groups in total. The van der Waals surface area contributed by atoms with Gasteiger partial charge in [-0.1, -0.05) is 12.8 Å². The second-order valence-corrected chi connectivity index (χ2v) is 3.05. The van der Waals surface area contributed by atoms with Gasteiger partial charge in [0.25, 0.3) is 0 Å². The standard InChI is InChI=1S/C8H16N2O2/c11-7-10-12-6-8-4-2-1-3-5-9-8/h7-9H,1-6H2,(H,10,11)/t8-/m0/s1. The fraction of sp³-hybridized carbons (Fsp3) is 0.875. The van der Waals surface area contributed by atoms with Crippen molar-refractivity contribution in [1.82, 2.24) is 10.8 Å². The summed E-state index contributed by atoms with van der Waals surface area (Å²) in [6.07, 6.45) is 5.49. The van der Waals surface area contributed by atoms with E-state index in [0.717, 1.165) is 13.0 Å². The summed E-state index contributed by atoms with van der Waals surface area (Å²) in [7, 11) is 0. The summed E-state index contributed by atoms with van der Waals surface area (Å²) in [5.41, 5.74) is 2.20. The van der Waals surface area contributed by atoms with E-state index in [1.165, 1.54) is 19.3 Å². The van der Waals surface area contributed by atoms with Gasteiger partial charge in [-0.3, -0.25) is 9.63 Å². The van der Waals surface area contributed by atoms with Gasteiger partial charge in [-0.05, 0) is 19.4 Å². The molecule has 4 heteroatoms. The predicted molar refractivity (Wildman–Crippen MR) is 45.4 cm³/mol. The third kappa shape index (κ3) is 3.69. The molecule has 0 unspecified atom stereocenters. The van der Waals surface area contributed by atoms with Gasteiger partial charge in [0, 0.05) is 6.04 Å².